The van der Waals surface area contributed by atoms with Gasteiger partial charge in [0.2, 0.25) is 0 Å². The van der Waals surface area contributed by atoms with E-state index in [-0.39, 0.29) is 5.78 Å². The summed E-state index contributed by atoms with van der Waals surface area (Å²) in [6.07, 6.45) is 6.44. The van der Waals surface area contributed by atoms with E-state index in [9.17, 15) is 4.79 Å². The minimum Gasteiger partial charge on any atom is -0.295 e. The first-order valence-corrected chi connectivity index (χ1v) is 6.25. The van der Waals surface area contributed by atoms with Crippen LogP contribution in [0.5, 0.6) is 0 Å². The van der Waals surface area contributed by atoms with Crippen molar-refractivity contribution in [2.45, 2.75) is 36.7 Å². The average Bonchev–Trinajstić information content (AvgIpc) is 2.29. The predicted molar refractivity (Wildman–Crippen MR) is 61.7 cm³/mol. The molecule has 0 radical (unpaired) electrons. The zero-order chi connectivity index (χ0) is 10.1. The maximum absolute atomic E-state index is 11.8. The van der Waals surface area contributed by atoms with Crippen molar-refractivity contribution < 1.29 is 4.79 Å². The van der Waals surface area contributed by atoms with Crippen molar-refractivity contribution in [1.82, 2.24) is 0 Å². The Kier molecular flexibility index (Phi) is 3.03. The van der Waals surface area contributed by atoms with Gasteiger partial charge in [-0.2, -0.15) is 11.8 Å². The smallest absolute Gasteiger partial charge is 0.160 e. The number of allylic oxidation sites excluding steroid dienone is 3. The molecular formula is C11H13ClOS. The van der Waals surface area contributed by atoms with Gasteiger partial charge in [0.15, 0.2) is 5.78 Å². The molecule has 1 nitrogen and oxygen atoms in total. The zero-order valence-corrected chi connectivity index (χ0v) is 9.70. The van der Waals surface area contributed by atoms with Crippen LogP contribution in [0.1, 0.15) is 26.2 Å². The molecule has 1 saturated heterocycles. The number of rotatable bonds is 0. The summed E-state index contributed by atoms with van der Waals surface area (Å²) in [4.78, 5) is 11.8. The van der Waals surface area contributed by atoms with Crippen LogP contribution in [-0.2, 0) is 4.79 Å². The van der Waals surface area contributed by atoms with E-state index in [4.69, 9.17) is 11.6 Å². The first-order valence-electron chi connectivity index (χ1n) is 4.92. The lowest BCUT2D eigenvalue weighted by molar-refractivity contribution is -0.115. The van der Waals surface area contributed by atoms with Gasteiger partial charge in [-0.3, -0.25) is 4.79 Å². The lowest BCUT2D eigenvalue weighted by atomic mass is 9.97. The van der Waals surface area contributed by atoms with Gasteiger partial charge < -0.3 is 0 Å². The summed E-state index contributed by atoms with van der Waals surface area (Å²) in [6, 6.07) is 0. The summed E-state index contributed by atoms with van der Waals surface area (Å²) in [5, 5.41) is 1.65. The fourth-order valence-corrected chi connectivity index (χ4v) is 3.44. The molecule has 0 spiro atoms. The molecule has 0 aromatic rings. The molecule has 2 aliphatic rings. The molecular weight excluding hydrogens is 216 g/mol. The summed E-state index contributed by atoms with van der Waals surface area (Å²) < 4.78 is 0. The summed E-state index contributed by atoms with van der Waals surface area (Å²) in [5.41, 5.74) is 0.937. The minimum atomic E-state index is 0.290. The van der Waals surface area contributed by atoms with Gasteiger partial charge in [-0.1, -0.05) is 24.6 Å². The van der Waals surface area contributed by atoms with Crippen molar-refractivity contribution in [2.75, 3.05) is 0 Å². The summed E-state index contributed by atoms with van der Waals surface area (Å²) in [7, 11) is 0. The molecule has 3 heteroatoms. The van der Waals surface area contributed by atoms with Crippen LogP contribution >= 0.6 is 23.4 Å². The van der Waals surface area contributed by atoms with Crippen LogP contribution < -0.4 is 0 Å². The van der Waals surface area contributed by atoms with Crippen LogP contribution in [0.4, 0.5) is 0 Å². The van der Waals surface area contributed by atoms with Crippen LogP contribution in [0.3, 0.4) is 0 Å². The Morgan fingerprint density at radius 3 is 3.14 bits per heavy atom. The van der Waals surface area contributed by atoms with Gasteiger partial charge in [0.25, 0.3) is 0 Å². The summed E-state index contributed by atoms with van der Waals surface area (Å²) in [6.45, 7) is 2.20. The van der Waals surface area contributed by atoms with E-state index in [1.807, 2.05) is 23.9 Å². The molecule has 76 valence electrons. The Morgan fingerprint density at radius 1 is 1.57 bits per heavy atom. The first-order chi connectivity index (χ1) is 6.66. The summed E-state index contributed by atoms with van der Waals surface area (Å²) in [5.74, 6) is 0.290. The fraction of sp³-hybridized carbons (Fsp3) is 0.545. The second-order valence-corrected chi connectivity index (χ2v) is 5.90. The average molecular weight is 229 g/mol. The topological polar surface area (TPSA) is 17.1 Å². The number of Topliss-reactive ketones (excluding diaryl/α,β-unsaturated/α-hetero) is 1. The molecule has 2 rings (SSSR count). The quantitative estimate of drug-likeness (QED) is 0.633. The summed E-state index contributed by atoms with van der Waals surface area (Å²) >= 11 is 7.82. The maximum Gasteiger partial charge on any atom is 0.160 e. The zero-order valence-electron chi connectivity index (χ0n) is 8.13. The van der Waals surface area contributed by atoms with E-state index in [0.29, 0.717) is 16.9 Å². The van der Waals surface area contributed by atoms with Gasteiger partial charge in [-0.05, 0) is 18.9 Å². The largest absolute Gasteiger partial charge is 0.295 e. The van der Waals surface area contributed by atoms with Crippen molar-refractivity contribution in [2.24, 2.45) is 0 Å². The number of carbonyl (C=O) groups excluding carboxylic acids is 1. The second kappa shape index (κ2) is 4.11. The van der Waals surface area contributed by atoms with E-state index in [2.05, 4.69) is 6.92 Å². The van der Waals surface area contributed by atoms with Gasteiger partial charge in [0, 0.05) is 27.5 Å². The highest BCUT2D eigenvalue weighted by atomic mass is 35.5. The monoisotopic (exact) mass is 228 g/mol. The molecule has 0 saturated carbocycles. The number of carbonyl (C=O) groups is 1. The highest BCUT2D eigenvalue weighted by molar-refractivity contribution is 8.00. The number of fused-ring (bicyclic) bond motifs is 1. The Labute approximate surface area is 93.6 Å². The van der Waals surface area contributed by atoms with Gasteiger partial charge in [-0.25, -0.2) is 0 Å². The van der Waals surface area contributed by atoms with Crippen molar-refractivity contribution in [3.63, 3.8) is 0 Å². The van der Waals surface area contributed by atoms with Gasteiger partial charge in [-0.15, -0.1) is 0 Å². The molecule has 1 aliphatic heterocycles. The maximum atomic E-state index is 11.8. The van der Waals surface area contributed by atoms with E-state index in [0.717, 1.165) is 23.4 Å². The molecule has 14 heavy (non-hydrogen) atoms. The molecule has 2 atom stereocenters. The normalized spacial score (nSPS) is 32.9. The number of hydrogen-bond donors (Lipinski definition) is 0. The predicted octanol–water partition coefficient (Wildman–Crippen LogP) is 3.29. The highest BCUT2D eigenvalue weighted by Gasteiger charge is 2.28. The van der Waals surface area contributed by atoms with Gasteiger partial charge in [0.05, 0.1) is 0 Å². The standard InChI is InChI=1S/C11H13ClOS/c1-7-2-4-10(13)9-6-8(12)3-5-11(9)14-7/h3,6-7,11H,2,4-5H2,1H3. The van der Waals surface area contributed by atoms with Crippen LogP contribution in [0.25, 0.3) is 0 Å². The molecule has 1 heterocycles. The van der Waals surface area contributed by atoms with Crippen LogP contribution in [0.15, 0.2) is 22.8 Å². The van der Waals surface area contributed by atoms with Crippen molar-refractivity contribution in [3.05, 3.63) is 22.8 Å². The van der Waals surface area contributed by atoms with E-state index >= 15 is 0 Å². The Bertz CT molecular complexity index is 319. The van der Waals surface area contributed by atoms with Gasteiger partial charge >= 0.3 is 0 Å². The van der Waals surface area contributed by atoms with E-state index in [1.165, 1.54) is 0 Å². The van der Waals surface area contributed by atoms with Crippen LogP contribution in [0.2, 0.25) is 0 Å². The number of halogens is 1. The highest BCUT2D eigenvalue weighted by Crippen LogP contribution is 2.37. The third kappa shape index (κ3) is 2.06. The van der Waals surface area contributed by atoms with Crippen LogP contribution in [0, 0.1) is 0 Å². The Hall–Kier alpha value is -0.210. The molecule has 0 amide bonds. The van der Waals surface area contributed by atoms with Crippen molar-refractivity contribution in [3.8, 4) is 0 Å². The Morgan fingerprint density at radius 2 is 2.36 bits per heavy atom. The SMILES string of the molecule is CC1CCC(=O)C2=CC(Cl)=CCC2S1. The van der Waals surface area contributed by atoms with Crippen molar-refractivity contribution in [1.29, 1.82) is 0 Å². The molecule has 2 unspecified atom stereocenters. The number of hydrogen-bond acceptors (Lipinski definition) is 2. The first kappa shape index (κ1) is 10.3. The molecule has 0 bridgehead atoms. The third-order valence-electron chi connectivity index (χ3n) is 2.66. The Balaban J connectivity index is 2.27. The molecule has 1 fully saturated rings. The van der Waals surface area contributed by atoms with E-state index < -0.39 is 0 Å². The lowest BCUT2D eigenvalue weighted by Crippen LogP contribution is -2.15. The van der Waals surface area contributed by atoms with E-state index in [1.54, 1.807) is 0 Å². The van der Waals surface area contributed by atoms with Crippen LogP contribution in [-0.4, -0.2) is 16.3 Å². The fourth-order valence-electron chi connectivity index (χ4n) is 1.86. The molecule has 0 N–H and O–H groups in total. The van der Waals surface area contributed by atoms with Crippen molar-refractivity contribution >= 4 is 29.1 Å². The number of ketones is 1. The van der Waals surface area contributed by atoms with Gasteiger partial charge in [0.1, 0.15) is 0 Å². The third-order valence-corrected chi connectivity index (χ3v) is 4.40. The molecule has 0 aromatic carbocycles. The lowest BCUT2D eigenvalue weighted by Gasteiger charge is -2.20. The molecule has 1 aliphatic carbocycles. The number of thioether (sulfide) groups is 1. The minimum absolute atomic E-state index is 0.290. The molecule has 0 aromatic heterocycles. The second-order valence-electron chi connectivity index (χ2n) is 3.82.